The van der Waals surface area contributed by atoms with Crippen LogP contribution in [0.2, 0.25) is 0 Å². The van der Waals surface area contributed by atoms with Crippen LogP contribution in [0.1, 0.15) is 23.5 Å². The highest BCUT2D eigenvalue weighted by Gasteiger charge is 2.27. The topological polar surface area (TPSA) is 110 Å². The Kier molecular flexibility index (Phi) is 5.55. The van der Waals surface area contributed by atoms with E-state index in [1.165, 1.54) is 36.9 Å². The molecule has 0 fully saturated rings. The van der Waals surface area contributed by atoms with E-state index in [1.807, 2.05) is 0 Å². The van der Waals surface area contributed by atoms with Crippen LogP contribution in [-0.4, -0.2) is 39.8 Å². The van der Waals surface area contributed by atoms with Crippen LogP contribution in [0.4, 0.5) is 0 Å². The molecule has 3 rings (SSSR count). The minimum atomic E-state index is -0.863. The summed E-state index contributed by atoms with van der Waals surface area (Å²) in [6.07, 6.45) is 1.31. The number of carbonyl (C=O) groups excluding carboxylic acids is 1. The zero-order valence-electron chi connectivity index (χ0n) is 15.0. The molecule has 2 aromatic heterocycles. The van der Waals surface area contributed by atoms with Crippen molar-refractivity contribution in [2.75, 3.05) is 14.2 Å². The van der Waals surface area contributed by atoms with Gasteiger partial charge in [-0.05, 0) is 45.8 Å². The smallest absolute Gasteiger partial charge is 0.306 e. The fourth-order valence-corrected chi connectivity index (χ4v) is 3.30. The summed E-state index contributed by atoms with van der Waals surface area (Å²) in [7, 11) is 2.62. The monoisotopic (exact) mass is 448 g/mol. The van der Waals surface area contributed by atoms with E-state index in [2.05, 4.69) is 20.9 Å². The van der Waals surface area contributed by atoms with E-state index in [4.69, 9.17) is 9.47 Å². The van der Waals surface area contributed by atoms with E-state index in [0.29, 0.717) is 10.0 Å². The number of aromatic hydroxyl groups is 2. The van der Waals surface area contributed by atoms with Gasteiger partial charge in [-0.2, -0.15) is 4.98 Å². The summed E-state index contributed by atoms with van der Waals surface area (Å²) in [5, 5.41) is 20.3. The van der Waals surface area contributed by atoms with Gasteiger partial charge in [0.1, 0.15) is 5.65 Å². The van der Waals surface area contributed by atoms with Gasteiger partial charge < -0.3 is 19.7 Å². The van der Waals surface area contributed by atoms with Gasteiger partial charge in [0.2, 0.25) is 5.88 Å². The Bertz CT molecular complexity index is 1110. The van der Waals surface area contributed by atoms with Gasteiger partial charge in [0.05, 0.1) is 26.2 Å². The van der Waals surface area contributed by atoms with Crippen molar-refractivity contribution in [1.29, 1.82) is 0 Å². The Balaban J connectivity index is 2.26. The van der Waals surface area contributed by atoms with E-state index >= 15 is 0 Å². The Morgan fingerprint density at radius 2 is 2.00 bits per heavy atom. The molecule has 0 aliphatic heterocycles. The quantitative estimate of drug-likeness (QED) is 0.576. The maximum atomic E-state index is 13.1. The number of phenolic OH excluding ortho intramolecular Hbond substituents is 1. The number of halogens is 1. The van der Waals surface area contributed by atoms with Crippen LogP contribution in [0, 0.1) is 0 Å². The van der Waals surface area contributed by atoms with Crippen LogP contribution < -0.4 is 10.3 Å². The number of ether oxygens (including phenoxy) is 2. The Labute approximate surface area is 168 Å². The minimum Gasteiger partial charge on any atom is -0.504 e. The number of carbonyl (C=O) groups is 1. The van der Waals surface area contributed by atoms with Gasteiger partial charge in [-0.25, -0.2) is 0 Å². The van der Waals surface area contributed by atoms with Gasteiger partial charge in [-0.3, -0.25) is 14.0 Å². The second kappa shape index (κ2) is 7.89. The third-order valence-corrected chi connectivity index (χ3v) is 4.82. The predicted octanol–water partition coefficient (Wildman–Crippen LogP) is 2.57. The zero-order chi connectivity index (χ0) is 20.4. The molecule has 0 spiro atoms. The minimum absolute atomic E-state index is 0.0613. The lowest BCUT2D eigenvalue weighted by Gasteiger charge is -2.18. The first-order valence-corrected chi connectivity index (χ1v) is 8.99. The van der Waals surface area contributed by atoms with Crippen molar-refractivity contribution in [3.05, 3.63) is 62.5 Å². The molecule has 28 heavy (non-hydrogen) atoms. The maximum absolute atomic E-state index is 13.1. The molecule has 0 saturated carbocycles. The van der Waals surface area contributed by atoms with Gasteiger partial charge >= 0.3 is 5.97 Å². The lowest BCUT2D eigenvalue weighted by atomic mass is 9.89. The summed E-state index contributed by atoms with van der Waals surface area (Å²) in [6, 6.07) is 7.70. The van der Waals surface area contributed by atoms with Gasteiger partial charge in [0.15, 0.2) is 11.5 Å². The molecule has 2 N–H and O–H groups in total. The number of hydrogen-bond acceptors (Lipinski definition) is 7. The molecule has 2 heterocycles. The average molecular weight is 449 g/mol. The molecule has 1 atom stereocenters. The number of rotatable bonds is 5. The summed E-state index contributed by atoms with van der Waals surface area (Å²) in [6.45, 7) is 0. The molecule has 9 heteroatoms. The number of phenols is 1. The molecule has 8 nitrogen and oxygen atoms in total. The van der Waals surface area contributed by atoms with Gasteiger partial charge in [-0.1, -0.05) is 6.07 Å². The maximum Gasteiger partial charge on any atom is 0.306 e. The lowest BCUT2D eigenvalue weighted by Crippen LogP contribution is -2.24. The highest BCUT2D eigenvalue weighted by atomic mass is 79.9. The number of hydrogen-bond donors (Lipinski definition) is 2. The number of pyridine rings is 1. The van der Waals surface area contributed by atoms with E-state index in [9.17, 15) is 19.8 Å². The number of methoxy groups -OCH3 is 2. The number of benzene rings is 1. The second-order valence-electron chi connectivity index (χ2n) is 5.99. The summed E-state index contributed by atoms with van der Waals surface area (Å²) >= 11 is 3.30. The van der Waals surface area contributed by atoms with Gasteiger partial charge in [0.25, 0.3) is 5.56 Å². The third kappa shape index (κ3) is 3.65. The molecule has 0 radical (unpaired) electrons. The first-order valence-electron chi connectivity index (χ1n) is 8.20. The van der Waals surface area contributed by atoms with Crippen LogP contribution in [-0.2, 0) is 9.53 Å². The van der Waals surface area contributed by atoms with Crippen molar-refractivity contribution in [2.45, 2.75) is 12.3 Å². The molecule has 0 aliphatic rings. The SMILES string of the molecule is COC(=O)C[C@@H](c1ccc(O)c(OC)c1)c1c(O)nc2ccc(Br)cn2c1=O. The summed E-state index contributed by atoms with van der Waals surface area (Å²) < 4.78 is 11.8. The molecule has 0 amide bonds. The zero-order valence-corrected chi connectivity index (χ0v) is 16.6. The molecule has 1 aromatic carbocycles. The average Bonchev–Trinajstić information content (AvgIpc) is 2.68. The van der Waals surface area contributed by atoms with Crippen molar-refractivity contribution < 1.29 is 24.5 Å². The van der Waals surface area contributed by atoms with Crippen molar-refractivity contribution in [3.63, 3.8) is 0 Å². The molecule has 146 valence electrons. The van der Waals surface area contributed by atoms with Crippen LogP contribution in [0.5, 0.6) is 17.4 Å². The van der Waals surface area contributed by atoms with Crippen molar-refractivity contribution >= 4 is 27.5 Å². The van der Waals surface area contributed by atoms with Crippen LogP contribution in [0.3, 0.4) is 0 Å². The van der Waals surface area contributed by atoms with E-state index in [-0.39, 0.29) is 29.1 Å². The van der Waals surface area contributed by atoms with Gasteiger partial charge in [-0.15, -0.1) is 0 Å². The molecular weight excluding hydrogens is 432 g/mol. The molecule has 0 aliphatic carbocycles. The molecular formula is C19H17BrN2O6. The first kappa shape index (κ1) is 19.7. The molecule has 3 aromatic rings. The summed E-state index contributed by atoms with van der Waals surface area (Å²) in [5.41, 5.74) is 0.150. The van der Waals surface area contributed by atoms with Crippen molar-refractivity contribution in [2.24, 2.45) is 0 Å². The summed E-state index contributed by atoms with van der Waals surface area (Å²) in [4.78, 5) is 29.2. The molecule has 0 unspecified atom stereocenters. The second-order valence-corrected chi connectivity index (χ2v) is 6.91. The van der Waals surface area contributed by atoms with E-state index in [0.717, 1.165) is 0 Å². The van der Waals surface area contributed by atoms with Crippen molar-refractivity contribution in [1.82, 2.24) is 9.38 Å². The number of aromatic nitrogens is 2. The van der Waals surface area contributed by atoms with Crippen LogP contribution in [0.25, 0.3) is 5.65 Å². The first-order chi connectivity index (χ1) is 13.3. The largest absolute Gasteiger partial charge is 0.504 e. The van der Waals surface area contributed by atoms with E-state index < -0.39 is 23.3 Å². The number of nitrogens with zero attached hydrogens (tertiary/aromatic N) is 2. The highest BCUT2D eigenvalue weighted by Crippen LogP contribution is 2.36. The normalized spacial score (nSPS) is 12.0. The molecule has 0 saturated heterocycles. The summed E-state index contributed by atoms with van der Waals surface area (Å²) in [5.74, 6) is -1.84. The van der Waals surface area contributed by atoms with Crippen LogP contribution >= 0.6 is 15.9 Å². The number of esters is 1. The lowest BCUT2D eigenvalue weighted by molar-refractivity contribution is -0.140. The van der Waals surface area contributed by atoms with Crippen LogP contribution in [0.15, 0.2) is 45.8 Å². The standard InChI is InChI=1S/C19H17BrN2O6/c1-27-14-7-10(3-5-13(14)23)12(8-16(24)28-2)17-18(25)21-15-6-4-11(20)9-22(15)19(17)26/h3-7,9,12,23,25H,8H2,1-2H3/t12-/m0/s1. The Morgan fingerprint density at radius 1 is 1.25 bits per heavy atom. The van der Waals surface area contributed by atoms with E-state index in [1.54, 1.807) is 18.2 Å². The van der Waals surface area contributed by atoms with Gasteiger partial charge in [0, 0.05) is 16.6 Å². The Morgan fingerprint density at radius 3 is 2.68 bits per heavy atom. The fraction of sp³-hybridized carbons (Fsp3) is 0.211. The number of fused-ring (bicyclic) bond motifs is 1. The predicted molar refractivity (Wildman–Crippen MR) is 104 cm³/mol. The molecule has 0 bridgehead atoms. The van der Waals surface area contributed by atoms with Crippen molar-refractivity contribution in [3.8, 4) is 17.4 Å². The fourth-order valence-electron chi connectivity index (χ4n) is 2.97. The highest BCUT2D eigenvalue weighted by molar-refractivity contribution is 9.10. The third-order valence-electron chi connectivity index (χ3n) is 4.35. The Hall–Kier alpha value is -3.07.